The third-order valence-corrected chi connectivity index (χ3v) is 2.88. The topological polar surface area (TPSA) is 59.3 Å². The van der Waals surface area contributed by atoms with Gasteiger partial charge in [0.15, 0.2) is 5.43 Å². The molecule has 0 aliphatic rings. The van der Waals surface area contributed by atoms with Crippen molar-refractivity contribution < 1.29 is 9.90 Å². The molecule has 1 aromatic heterocycles. The first-order valence-corrected chi connectivity index (χ1v) is 5.42. The summed E-state index contributed by atoms with van der Waals surface area (Å²) in [5, 5.41) is 9.36. The van der Waals surface area contributed by atoms with E-state index in [9.17, 15) is 9.59 Å². The molecule has 4 heteroatoms. The Morgan fingerprint density at radius 3 is 2.65 bits per heavy atom. The van der Waals surface area contributed by atoms with Gasteiger partial charge in [-0.1, -0.05) is 0 Å². The van der Waals surface area contributed by atoms with Gasteiger partial charge in [-0.05, 0) is 32.0 Å². The molecule has 4 nitrogen and oxygen atoms in total. The van der Waals surface area contributed by atoms with Crippen LogP contribution in [0, 0.1) is 6.92 Å². The quantitative estimate of drug-likeness (QED) is 0.860. The summed E-state index contributed by atoms with van der Waals surface area (Å²) in [5.74, 6) is -1.02. The predicted octanol–water partition coefficient (Wildman–Crippen LogP) is 2.03. The molecule has 0 aliphatic heterocycles. The Kier molecular flexibility index (Phi) is 2.71. The van der Waals surface area contributed by atoms with E-state index in [0.717, 1.165) is 17.8 Å². The summed E-state index contributed by atoms with van der Waals surface area (Å²) in [7, 11) is 0. The SMILES string of the molecule is CCn1c(C)cc(=O)c2cc(C(=O)O)ccc21. The molecule has 0 bridgehead atoms. The maximum absolute atomic E-state index is 11.8. The fraction of sp³-hybridized carbons (Fsp3) is 0.231. The van der Waals surface area contributed by atoms with Gasteiger partial charge in [-0.15, -0.1) is 0 Å². The number of fused-ring (bicyclic) bond motifs is 1. The van der Waals surface area contributed by atoms with E-state index in [-0.39, 0.29) is 11.0 Å². The van der Waals surface area contributed by atoms with Crippen LogP contribution < -0.4 is 5.43 Å². The Hall–Kier alpha value is -2.10. The number of rotatable bonds is 2. The molecular formula is C13H13NO3. The lowest BCUT2D eigenvalue weighted by Gasteiger charge is -2.12. The van der Waals surface area contributed by atoms with Crippen LogP contribution in [0.2, 0.25) is 0 Å². The van der Waals surface area contributed by atoms with Crippen molar-refractivity contribution in [2.45, 2.75) is 20.4 Å². The molecule has 0 atom stereocenters. The van der Waals surface area contributed by atoms with E-state index in [1.54, 1.807) is 6.07 Å². The molecule has 0 fully saturated rings. The minimum Gasteiger partial charge on any atom is -0.478 e. The van der Waals surface area contributed by atoms with E-state index in [0.29, 0.717) is 5.39 Å². The van der Waals surface area contributed by atoms with Crippen LogP contribution in [0.4, 0.5) is 0 Å². The van der Waals surface area contributed by atoms with Crippen LogP contribution in [0.1, 0.15) is 23.0 Å². The van der Waals surface area contributed by atoms with Gasteiger partial charge < -0.3 is 9.67 Å². The minimum atomic E-state index is -1.02. The minimum absolute atomic E-state index is 0.134. The third-order valence-electron chi connectivity index (χ3n) is 2.88. The lowest BCUT2D eigenvalue weighted by Crippen LogP contribution is -2.12. The number of aromatic carboxylic acids is 1. The van der Waals surface area contributed by atoms with Crippen molar-refractivity contribution in [2.24, 2.45) is 0 Å². The molecule has 2 aromatic rings. The first-order valence-electron chi connectivity index (χ1n) is 5.42. The number of carbonyl (C=O) groups is 1. The summed E-state index contributed by atoms with van der Waals surface area (Å²) < 4.78 is 1.99. The van der Waals surface area contributed by atoms with Gasteiger partial charge in [0.2, 0.25) is 0 Å². The molecule has 0 spiro atoms. The standard InChI is InChI=1S/C13H13NO3/c1-3-14-8(2)6-12(15)10-7-9(13(16)17)4-5-11(10)14/h4-7H,3H2,1-2H3,(H,16,17). The number of aromatic nitrogens is 1. The number of benzene rings is 1. The van der Waals surface area contributed by atoms with Gasteiger partial charge in [-0.25, -0.2) is 4.79 Å². The summed E-state index contributed by atoms with van der Waals surface area (Å²) in [6.07, 6.45) is 0. The Balaban J connectivity index is 2.88. The van der Waals surface area contributed by atoms with Gasteiger partial charge in [-0.3, -0.25) is 4.79 Å². The van der Waals surface area contributed by atoms with Crippen LogP contribution in [0.15, 0.2) is 29.1 Å². The van der Waals surface area contributed by atoms with Crippen molar-refractivity contribution in [1.82, 2.24) is 4.57 Å². The monoisotopic (exact) mass is 231 g/mol. The molecule has 0 aliphatic carbocycles. The molecule has 2 rings (SSSR count). The molecule has 1 aromatic carbocycles. The van der Waals surface area contributed by atoms with E-state index >= 15 is 0 Å². The summed E-state index contributed by atoms with van der Waals surface area (Å²) >= 11 is 0. The van der Waals surface area contributed by atoms with Crippen LogP contribution in [0.25, 0.3) is 10.9 Å². The van der Waals surface area contributed by atoms with Gasteiger partial charge in [0, 0.05) is 23.7 Å². The number of carboxylic acid groups (broad SMARTS) is 1. The molecule has 0 saturated heterocycles. The molecule has 88 valence electrons. The maximum Gasteiger partial charge on any atom is 0.335 e. The zero-order chi connectivity index (χ0) is 12.6. The van der Waals surface area contributed by atoms with Crippen LogP contribution >= 0.6 is 0 Å². The molecule has 0 unspecified atom stereocenters. The fourth-order valence-corrected chi connectivity index (χ4v) is 2.06. The summed E-state index contributed by atoms with van der Waals surface area (Å²) in [4.78, 5) is 22.7. The second kappa shape index (κ2) is 4.05. The normalized spacial score (nSPS) is 10.7. The van der Waals surface area contributed by atoms with E-state index in [1.807, 2.05) is 18.4 Å². The molecule has 0 amide bonds. The summed E-state index contributed by atoms with van der Waals surface area (Å²) in [6.45, 7) is 4.60. The lowest BCUT2D eigenvalue weighted by atomic mass is 10.1. The number of nitrogens with zero attached hydrogens (tertiary/aromatic N) is 1. The second-order valence-corrected chi connectivity index (χ2v) is 3.93. The molecule has 1 N–H and O–H groups in total. The smallest absolute Gasteiger partial charge is 0.335 e. The van der Waals surface area contributed by atoms with E-state index in [2.05, 4.69) is 0 Å². The van der Waals surface area contributed by atoms with Crippen LogP contribution in [-0.2, 0) is 6.54 Å². The first-order chi connectivity index (χ1) is 8.04. The van der Waals surface area contributed by atoms with Gasteiger partial charge in [0.05, 0.1) is 11.1 Å². The zero-order valence-electron chi connectivity index (χ0n) is 9.73. The Labute approximate surface area is 98.1 Å². The average molecular weight is 231 g/mol. The van der Waals surface area contributed by atoms with Crippen LogP contribution in [0.5, 0.6) is 0 Å². The van der Waals surface area contributed by atoms with E-state index in [4.69, 9.17) is 5.11 Å². The summed E-state index contributed by atoms with van der Waals surface area (Å²) in [5.41, 5.74) is 1.67. The van der Waals surface area contributed by atoms with Crippen molar-refractivity contribution in [1.29, 1.82) is 0 Å². The summed E-state index contributed by atoms with van der Waals surface area (Å²) in [6, 6.07) is 6.19. The fourth-order valence-electron chi connectivity index (χ4n) is 2.06. The Bertz CT molecular complexity index is 655. The van der Waals surface area contributed by atoms with Crippen molar-refractivity contribution in [3.63, 3.8) is 0 Å². The first kappa shape index (κ1) is 11.4. The predicted molar refractivity (Wildman–Crippen MR) is 65.6 cm³/mol. The highest BCUT2D eigenvalue weighted by atomic mass is 16.4. The Morgan fingerprint density at radius 1 is 1.35 bits per heavy atom. The van der Waals surface area contributed by atoms with Crippen molar-refractivity contribution >= 4 is 16.9 Å². The van der Waals surface area contributed by atoms with Gasteiger partial charge >= 0.3 is 5.97 Å². The molecule has 17 heavy (non-hydrogen) atoms. The number of aryl methyl sites for hydroxylation is 2. The van der Waals surface area contributed by atoms with E-state index < -0.39 is 5.97 Å². The van der Waals surface area contributed by atoms with Crippen LogP contribution in [-0.4, -0.2) is 15.6 Å². The highest BCUT2D eigenvalue weighted by Crippen LogP contribution is 2.15. The third kappa shape index (κ3) is 1.82. The highest BCUT2D eigenvalue weighted by molar-refractivity contribution is 5.93. The van der Waals surface area contributed by atoms with Crippen molar-refractivity contribution in [3.05, 3.63) is 45.7 Å². The van der Waals surface area contributed by atoms with Gasteiger partial charge in [0.1, 0.15) is 0 Å². The zero-order valence-corrected chi connectivity index (χ0v) is 9.73. The average Bonchev–Trinajstić information content (AvgIpc) is 2.29. The van der Waals surface area contributed by atoms with Gasteiger partial charge in [-0.2, -0.15) is 0 Å². The number of hydrogen-bond donors (Lipinski definition) is 1. The molecule has 0 radical (unpaired) electrons. The number of carboxylic acids is 1. The maximum atomic E-state index is 11.8. The molecule has 0 saturated carbocycles. The largest absolute Gasteiger partial charge is 0.478 e. The highest BCUT2D eigenvalue weighted by Gasteiger charge is 2.09. The van der Waals surface area contributed by atoms with Crippen molar-refractivity contribution in [2.75, 3.05) is 0 Å². The Morgan fingerprint density at radius 2 is 2.06 bits per heavy atom. The van der Waals surface area contributed by atoms with E-state index in [1.165, 1.54) is 18.2 Å². The number of hydrogen-bond acceptors (Lipinski definition) is 2. The lowest BCUT2D eigenvalue weighted by molar-refractivity contribution is 0.0697. The molecule has 1 heterocycles. The van der Waals surface area contributed by atoms with Gasteiger partial charge in [0.25, 0.3) is 0 Å². The van der Waals surface area contributed by atoms with Crippen molar-refractivity contribution in [3.8, 4) is 0 Å². The molecular weight excluding hydrogens is 218 g/mol. The second-order valence-electron chi connectivity index (χ2n) is 3.93. The van der Waals surface area contributed by atoms with Crippen LogP contribution in [0.3, 0.4) is 0 Å². The number of pyridine rings is 1.